The second-order valence-electron chi connectivity index (χ2n) is 5.14. The molecule has 2 N–H and O–H groups in total. The Morgan fingerprint density at radius 3 is 2.71 bits per heavy atom. The highest BCUT2D eigenvalue weighted by molar-refractivity contribution is 5.16. The molecule has 2 unspecified atom stereocenters. The monoisotopic (exact) mass is 232 g/mol. The minimum atomic E-state index is 0.522. The molecule has 1 heterocycles. The molecule has 1 fully saturated rings. The van der Waals surface area contributed by atoms with E-state index in [0.717, 1.165) is 18.9 Å². The van der Waals surface area contributed by atoms with Crippen molar-refractivity contribution in [3.8, 4) is 0 Å². The van der Waals surface area contributed by atoms with Gasteiger partial charge in [0.2, 0.25) is 0 Å². The Kier molecular flexibility index (Phi) is 4.57. The summed E-state index contributed by atoms with van der Waals surface area (Å²) >= 11 is 0. The second kappa shape index (κ2) is 6.18. The van der Waals surface area contributed by atoms with Crippen molar-refractivity contribution in [1.82, 2.24) is 4.90 Å². The number of benzene rings is 1. The normalized spacial score (nSPS) is 22.8. The lowest BCUT2D eigenvalue weighted by Crippen LogP contribution is -2.40. The average Bonchev–Trinajstić information content (AvgIpc) is 2.86. The highest BCUT2D eigenvalue weighted by Crippen LogP contribution is 2.22. The second-order valence-corrected chi connectivity index (χ2v) is 5.14. The summed E-state index contributed by atoms with van der Waals surface area (Å²) in [7, 11) is 0. The number of likely N-dealkylation sites (tertiary alicyclic amines) is 1. The third-order valence-electron chi connectivity index (χ3n) is 4.00. The van der Waals surface area contributed by atoms with Gasteiger partial charge >= 0.3 is 0 Å². The lowest BCUT2D eigenvalue weighted by Gasteiger charge is -2.26. The van der Waals surface area contributed by atoms with Crippen LogP contribution >= 0.6 is 0 Å². The molecule has 94 valence electrons. The molecule has 1 aliphatic heterocycles. The minimum Gasteiger partial charge on any atom is -0.329 e. The maximum absolute atomic E-state index is 5.95. The van der Waals surface area contributed by atoms with Gasteiger partial charge in [-0.1, -0.05) is 43.7 Å². The zero-order chi connectivity index (χ0) is 12.1. The van der Waals surface area contributed by atoms with Gasteiger partial charge in [-0.05, 0) is 30.9 Å². The molecule has 2 heteroatoms. The zero-order valence-electron chi connectivity index (χ0n) is 10.8. The smallest absolute Gasteiger partial charge is 0.0258 e. The molecular weight excluding hydrogens is 208 g/mol. The molecule has 0 amide bonds. The zero-order valence-corrected chi connectivity index (χ0v) is 10.8. The van der Waals surface area contributed by atoms with Crippen LogP contribution in [0.1, 0.15) is 25.3 Å². The van der Waals surface area contributed by atoms with Gasteiger partial charge in [0, 0.05) is 19.1 Å². The van der Waals surface area contributed by atoms with Gasteiger partial charge in [-0.3, -0.25) is 4.90 Å². The van der Waals surface area contributed by atoms with Gasteiger partial charge in [0.1, 0.15) is 0 Å². The van der Waals surface area contributed by atoms with Crippen molar-refractivity contribution in [3.63, 3.8) is 0 Å². The summed E-state index contributed by atoms with van der Waals surface area (Å²) in [6, 6.07) is 11.2. The number of nitrogens with two attached hydrogens (primary N) is 1. The van der Waals surface area contributed by atoms with E-state index in [1.165, 1.54) is 31.5 Å². The van der Waals surface area contributed by atoms with Crippen LogP contribution in [0.5, 0.6) is 0 Å². The summed E-state index contributed by atoms with van der Waals surface area (Å²) < 4.78 is 0. The summed E-state index contributed by atoms with van der Waals surface area (Å²) in [6.07, 6.45) is 3.74. The van der Waals surface area contributed by atoms with Gasteiger partial charge in [-0.15, -0.1) is 0 Å². The van der Waals surface area contributed by atoms with Crippen LogP contribution in [-0.2, 0) is 6.42 Å². The molecule has 1 aromatic carbocycles. The maximum atomic E-state index is 5.95. The van der Waals surface area contributed by atoms with Gasteiger partial charge in [-0.25, -0.2) is 0 Å². The lowest BCUT2D eigenvalue weighted by molar-refractivity contribution is 0.236. The minimum absolute atomic E-state index is 0.522. The van der Waals surface area contributed by atoms with Crippen LogP contribution in [0.15, 0.2) is 30.3 Å². The van der Waals surface area contributed by atoms with Crippen LogP contribution in [0.3, 0.4) is 0 Å². The summed E-state index contributed by atoms with van der Waals surface area (Å²) in [5, 5.41) is 0. The Hall–Kier alpha value is -0.860. The predicted octanol–water partition coefficient (Wildman–Crippen LogP) is 2.29. The van der Waals surface area contributed by atoms with Crippen LogP contribution in [-0.4, -0.2) is 30.6 Å². The highest BCUT2D eigenvalue weighted by Gasteiger charge is 2.26. The highest BCUT2D eigenvalue weighted by atomic mass is 15.2. The molecule has 1 saturated heterocycles. The largest absolute Gasteiger partial charge is 0.329 e. The quantitative estimate of drug-likeness (QED) is 0.844. The molecule has 0 bridgehead atoms. The standard InChI is InChI=1S/C15H24N2/c1-2-13-8-9-17(12-13)15(11-16)10-14-6-4-3-5-7-14/h3-7,13,15H,2,8-12,16H2,1H3. The topological polar surface area (TPSA) is 29.3 Å². The Morgan fingerprint density at radius 2 is 2.12 bits per heavy atom. The van der Waals surface area contributed by atoms with Crippen molar-refractivity contribution < 1.29 is 0 Å². The molecule has 1 aliphatic rings. The van der Waals surface area contributed by atoms with Gasteiger partial charge in [0.05, 0.1) is 0 Å². The lowest BCUT2D eigenvalue weighted by atomic mass is 10.0. The molecule has 2 atom stereocenters. The van der Waals surface area contributed by atoms with E-state index in [-0.39, 0.29) is 0 Å². The van der Waals surface area contributed by atoms with E-state index in [2.05, 4.69) is 42.2 Å². The van der Waals surface area contributed by atoms with Crippen molar-refractivity contribution >= 4 is 0 Å². The first-order valence-corrected chi connectivity index (χ1v) is 6.81. The SMILES string of the molecule is CCC1CCN(C(CN)Cc2ccccc2)C1. The fourth-order valence-corrected chi connectivity index (χ4v) is 2.78. The van der Waals surface area contributed by atoms with Crippen LogP contribution in [0.4, 0.5) is 0 Å². The Labute approximate surface area is 105 Å². The Bertz CT molecular complexity index is 323. The summed E-state index contributed by atoms with van der Waals surface area (Å²) in [5.74, 6) is 0.889. The molecule has 1 aromatic rings. The summed E-state index contributed by atoms with van der Waals surface area (Å²) in [4.78, 5) is 2.58. The van der Waals surface area contributed by atoms with E-state index in [1.807, 2.05) is 0 Å². The van der Waals surface area contributed by atoms with Crippen LogP contribution in [0.2, 0.25) is 0 Å². The number of rotatable bonds is 5. The molecule has 0 saturated carbocycles. The van der Waals surface area contributed by atoms with Gasteiger partial charge in [-0.2, -0.15) is 0 Å². The van der Waals surface area contributed by atoms with E-state index < -0.39 is 0 Å². The van der Waals surface area contributed by atoms with Crippen molar-refractivity contribution in [2.45, 2.75) is 32.2 Å². The number of hydrogen-bond donors (Lipinski definition) is 1. The van der Waals surface area contributed by atoms with Gasteiger partial charge in [0.15, 0.2) is 0 Å². The summed E-state index contributed by atoms with van der Waals surface area (Å²) in [6.45, 7) is 5.53. The van der Waals surface area contributed by atoms with Crippen molar-refractivity contribution in [2.24, 2.45) is 11.7 Å². The van der Waals surface area contributed by atoms with E-state index in [0.29, 0.717) is 6.04 Å². The Morgan fingerprint density at radius 1 is 1.35 bits per heavy atom. The molecule has 0 radical (unpaired) electrons. The molecule has 2 nitrogen and oxygen atoms in total. The van der Waals surface area contributed by atoms with Crippen LogP contribution < -0.4 is 5.73 Å². The summed E-state index contributed by atoms with van der Waals surface area (Å²) in [5.41, 5.74) is 7.35. The molecule has 2 rings (SSSR count). The van der Waals surface area contributed by atoms with Gasteiger partial charge < -0.3 is 5.73 Å². The fraction of sp³-hybridized carbons (Fsp3) is 0.600. The van der Waals surface area contributed by atoms with E-state index in [1.54, 1.807) is 0 Å². The maximum Gasteiger partial charge on any atom is 0.0258 e. The fourth-order valence-electron chi connectivity index (χ4n) is 2.78. The first kappa shape index (κ1) is 12.6. The van der Waals surface area contributed by atoms with E-state index in [9.17, 15) is 0 Å². The van der Waals surface area contributed by atoms with Crippen molar-refractivity contribution in [1.29, 1.82) is 0 Å². The van der Waals surface area contributed by atoms with E-state index in [4.69, 9.17) is 5.73 Å². The Balaban J connectivity index is 1.93. The predicted molar refractivity (Wildman–Crippen MR) is 73.0 cm³/mol. The van der Waals surface area contributed by atoms with Crippen LogP contribution in [0, 0.1) is 5.92 Å². The molecule has 17 heavy (non-hydrogen) atoms. The van der Waals surface area contributed by atoms with Crippen molar-refractivity contribution in [3.05, 3.63) is 35.9 Å². The van der Waals surface area contributed by atoms with E-state index >= 15 is 0 Å². The first-order chi connectivity index (χ1) is 8.33. The molecule has 0 aliphatic carbocycles. The average molecular weight is 232 g/mol. The number of nitrogens with zero attached hydrogens (tertiary/aromatic N) is 1. The molecule has 0 spiro atoms. The number of hydrogen-bond acceptors (Lipinski definition) is 2. The molecule has 0 aromatic heterocycles. The first-order valence-electron chi connectivity index (χ1n) is 6.81. The van der Waals surface area contributed by atoms with Gasteiger partial charge in [0.25, 0.3) is 0 Å². The third-order valence-corrected chi connectivity index (χ3v) is 4.00. The van der Waals surface area contributed by atoms with Crippen molar-refractivity contribution in [2.75, 3.05) is 19.6 Å². The van der Waals surface area contributed by atoms with Crippen LogP contribution in [0.25, 0.3) is 0 Å². The molecular formula is C15H24N2. The third kappa shape index (κ3) is 3.30.